The van der Waals surface area contributed by atoms with Crippen molar-refractivity contribution in [1.82, 2.24) is 9.80 Å². The van der Waals surface area contributed by atoms with Crippen molar-refractivity contribution in [3.8, 4) is 5.75 Å². The average molecular weight is 368 g/mol. The Bertz CT molecular complexity index is 800. The second kappa shape index (κ2) is 8.09. The van der Waals surface area contributed by atoms with Gasteiger partial charge < -0.3 is 9.64 Å². The molecule has 2 aliphatic rings. The van der Waals surface area contributed by atoms with Crippen LogP contribution < -0.4 is 4.74 Å². The van der Waals surface area contributed by atoms with Crippen LogP contribution in [-0.2, 0) is 13.1 Å². The van der Waals surface area contributed by atoms with Crippen molar-refractivity contribution in [3.63, 3.8) is 0 Å². The van der Waals surface area contributed by atoms with Crippen LogP contribution in [0.25, 0.3) is 0 Å². The molecule has 0 aromatic heterocycles. The summed E-state index contributed by atoms with van der Waals surface area (Å²) in [6.07, 6.45) is 3.87. The number of carbonyl (C=O) groups excluding carboxylic acids is 1. The molecule has 2 aromatic rings. The Labute approximate surface area is 159 Å². The summed E-state index contributed by atoms with van der Waals surface area (Å²) >= 11 is 0. The first-order chi connectivity index (χ1) is 13.2. The van der Waals surface area contributed by atoms with Gasteiger partial charge in [0.15, 0.2) is 0 Å². The van der Waals surface area contributed by atoms with Gasteiger partial charge in [0.1, 0.15) is 18.2 Å². The highest BCUT2D eigenvalue weighted by Gasteiger charge is 2.22. The van der Waals surface area contributed by atoms with Crippen LogP contribution in [0.2, 0.25) is 0 Å². The molecule has 0 spiro atoms. The Hall–Kier alpha value is -2.40. The zero-order chi connectivity index (χ0) is 18.6. The minimum atomic E-state index is -0.335. The first kappa shape index (κ1) is 18.0. The zero-order valence-electron chi connectivity index (χ0n) is 15.5. The Balaban J connectivity index is 1.50. The number of carbonyl (C=O) groups is 1. The smallest absolute Gasteiger partial charge is 0.254 e. The molecule has 2 aliphatic heterocycles. The maximum atomic E-state index is 13.1. The van der Waals surface area contributed by atoms with E-state index in [1.807, 2.05) is 6.07 Å². The molecule has 0 saturated carbocycles. The van der Waals surface area contributed by atoms with E-state index in [2.05, 4.69) is 17.0 Å². The molecule has 0 radical (unpaired) electrons. The first-order valence-corrected chi connectivity index (χ1v) is 9.71. The average Bonchev–Trinajstić information content (AvgIpc) is 2.91. The fraction of sp³-hybridized carbons (Fsp3) is 0.409. The summed E-state index contributed by atoms with van der Waals surface area (Å²) < 4.78 is 19.0. The van der Waals surface area contributed by atoms with E-state index >= 15 is 0 Å². The standard InChI is InChI=1S/C22H25FN2O2/c23-20-7-5-18(6-8-20)22(26)25-12-13-27-21-9-4-17(14-19(21)16-25)15-24-10-2-1-3-11-24/h4-9,14H,1-3,10-13,15-16H2. The van der Waals surface area contributed by atoms with Gasteiger partial charge in [-0.3, -0.25) is 9.69 Å². The van der Waals surface area contributed by atoms with Crippen LogP contribution in [0, 0.1) is 5.82 Å². The van der Waals surface area contributed by atoms with Gasteiger partial charge in [-0.25, -0.2) is 4.39 Å². The number of likely N-dealkylation sites (tertiary alicyclic amines) is 1. The number of hydrogen-bond acceptors (Lipinski definition) is 3. The van der Waals surface area contributed by atoms with Crippen molar-refractivity contribution >= 4 is 5.91 Å². The lowest BCUT2D eigenvalue weighted by Crippen LogP contribution is -2.32. The number of benzene rings is 2. The van der Waals surface area contributed by atoms with Gasteiger partial charge in [-0.15, -0.1) is 0 Å². The third kappa shape index (κ3) is 4.30. The fourth-order valence-electron chi connectivity index (χ4n) is 3.87. The van der Waals surface area contributed by atoms with Crippen LogP contribution in [-0.4, -0.2) is 41.9 Å². The van der Waals surface area contributed by atoms with Crippen molar-refractivity contribution in [2.45, 2.75) is 32.4 Å². The lowest BCUT2D eigenvalue weighted by atomic mass is 10.1. The molecule has 2 heterocycles. The van der Waals surface area contributed by atoms with E-state index in [0.717, 1.165) is 30.9 Å². The molecule has 0 bridgehead atoms. The van der Waals surface area contributed by atoms with Crippen molar-refractivity contribution < 1.29 is 13.9 Å². The summed E-state index contributed by atoms with van der Waals surface area (Å²) in [5, 5.41) is 0. The maximum Gasteiger partial charge on any atom is 0.254 e. The van der Waals surface area contributed by atoms with Crippen molar-refractivity contribution in [2.24, 2.45) is 0 Å². The lowest BCUT2D eigenvalue weighted by molar-refractivity contribution is 0.0733. The van der Waals surface area contributed by atoms with Gasteiger partial charge in [0.05, 0.1) is 6.54 Å². The quantitative estimate of drug-likeness (QED) is 0.825. The van der Waals surface area contributed by atoms with Crippen LogP contribution in [0.15, 0.2) is 42.5 Å². The number of nitrogens with zero attached hydrogens (tertiary/aromatic N) is 2. The van der Waals surface area contributed by atoms with Gasteiger partial charge >= 0.3 is 0 Å². The summed E-state index contributed by atoms with van der Waals surface area (Å²) in [7, 11) is 0. The summed E-state index contributed by atoms with van der Waals surface area (Å²) in [5.41, 5.74) is 2.80. The molecule has 0 unspecified atom stereocenters. The zero-order valence-corrected chi connectivity index (χ0v) is 15.5. The van der Waals surface area contributed by atoms with E-state index in [-0.39, 0.29) is 11.7 Å². The third-order valence-corrected chi connectivity index (χ3v) is 5.34. The van der Waals surface area contributed by atoms with E-state index in [9.17, 15) is 9.18 Å². The molecule has 0 N–H and O–H groups in total. The summed E-state index contributed by atoms with van der Waals surface area (Å²) in [6, 6.07) is 12.1. The highest BCUT2D eigenvalue weighted by atomic mass is 19.1. The van der Waals surface area contributed by atoms with Crippen molar-refractivity contribution in [2.75, 3.05) is 26.2 Å². The molecule has 4 rings (SSSR count). The SMILES string of the molecule is O=C(c1ccc(F)cc1)N1CCOc2ccc(CN3CCCCC3)cc2C1. The van der Waals surface area contributed by atoms with Crippen LogP contribution in [0.3, 0.4) is 0 Å². The van der Waals surface area contributed by atoms with E-state index in [0.29, 0.717) is 25.3 Å². The second-order valence-electron chi connectivity index (χ2n) is 7.36. The molecule has 1 amide bonds. The number of halogens is 1. The lowest BCUT2D eigenvalue weighted by Gasteiger charge is -2.26. The number of piperidine rings is 1. The Morgan fingerprint density at radius 2 is 1.78 bits per heavy atom. The van der Waals surface area contributed by atoms with Gasteiger partial charge in [-0.2, -0.15) is 0 Å². The molecule has 5 heteroatoms. The summed E-state index contributed by atoms with van der Waals surface area (Å²) in [4.78, 5) is 17.1. The van der Waals surface area contributed by atoms with Gasteiger partial charge in [-0.1, -0.05) is 12.5 Å². The van der Waals surface area contributed by atoms with Crippen LogP contribution >= 0.6 is 0 Å². The number of rotatable bonds is 3. The van der Waals surface area contributed by atoms with E-state index in [4.69, 9.17) is 4.74 Å². The Morgan fingerprint density at radius 3 is 2.56 bits per heavy atom. The number of amides is 1. The normalized spacial score (nSPS) is 17.7. The van der Waals surface area contributed by atoms with Crippen LogP contribution in [0.5, 0.6) is 5.75 Å². The highest BCUT2D eigenvalue weighted by Crippen LogP contribution is 2.26. The maximum absolute atomic E-state index is 13.1. The van der Waals surface area contributed by atoms with Gasteiger partial charge in [0.25, 0.3) is 5.91 Å². The van der Waals surface area contributed by atoms with Gasteiger partial charge in [-0.05, 0) is 67.9 Å². The van der Waals surface area contributed by atoms with Crippen molar-refractivity contribution in [1.29, 1.82) is 0 Å². The fourth-order valence-corrected chi connectivity index (χ4v) is 3.87. The minimum absolute atomic E-state index is 0.0899. The third-order valence-electron chi connectivity index (χ3n) is 5.34. The van der Waals surface area contributed by atoms with Crippen LogP contribution in [0.1, 0.15) is 40.7 Å². The molecule has 1 saturated heterocycles. The minimum Gasteiger partial charge on any atom is -0.491 e. The number of fused-ring (bicyclic) bond motifs is 1. The van der Waals surface area contributed by atoms with Gasteiger partial charge in [0, 0.05) is 24.2 Å². The predicted octanol–water partition coefficient (Wildman–Crippen LogP) is 3.85. The van der Waals surface area contributed by atoms with E-state index in [1.165, 1.54) is 49.1 Å². The topological polar surface area (TPSA) is 32.8 Å². The summed E-state index contributed by atoms with van der Waals surface area (Å²) in [6.45, 7) is 4.75. The molecule has 4 nitrogen and oxygen atoms in total. The number of ether oxygens (including phenoxy) is 1. The van der Waals surface area contributed by atoms with E-state index < -0.39 is 0 Å². The Morgan fingerprint density at radius 1 is 1.00 bits per heavy atom. The summed E-state index contributed by atoms with van der Waals surface area (Å²) in [5.74, 6) is 0.429. The molecule has 0 aliphatic carbocycles. The molecule has 2 aromatic carbocycles. The Kier molecular flexibility index (Phi) is 5.39. The van der Waals surface area contributed by atoms with E-state index in [1.54, 1.807) is 4.90 Å². The largest absolute Gasteiger partial charge is 0.491 e. The predicted molar refractivity (Wildman–Crippen MR) is 102 cm³/mol. The molecular formula is C22H25FN2O2. The monoisotopic (exact) mass is 368 g/mol. The molecule has 142 valence electrons. The first-order valence-electron chi connectivity index (χ1n) is 9.71. The van der Waals surface area contributed by atoms with Crippen molar-refractivity contribution in [3.05, 3.63) is 65.0 Å². The molecule has 1 fully saturated rings. The number of hydrogen-bond donors (Lipinski definition) is 0. The molecule has 0 atom stereocenters. The molecular weight excluding hydrogens is 343 g/mol. The highest BCUT2D eigenvalue weighted by molar-refractivity contribution is 5.94. The van der Waals surface area contributed by atoms with Gasteiger partial charge in [0.2, 0.25) is 0 Å². The molecule has 27 heavy (non-hydrogen) atoms. The van der Waals surface area contributed by atoms with Crippen LogP contribution in [0.4, 0.5) is 4.39 Å². The second-order valence-corrected chi connectivity index (χ2v) is 7.36.